The van der Waals surface area contributed by atoms with Crippen LogP contribution in [0.25, 0.3) is 22.2 Å². The van der Waals surface area contributed by atoms with Gasteiger partial charge in [0.15, 0.2) is 11.5 Å². The molecule has 1 aromatic heterocycles. The average Bonchev–Trinajstić information content (AvgIpc) is 3.38. The largest absolute Gasteiger partial charge is 0.490 e. The molecule has 3 rings (SSSR count). The number of benzene rings is 2. The molecule has 0 aliphatic heterocycles. The topological polar surface area (TPSA) is 72.9 Å². The summed E-state index contributed by atoms with van der Waals surface area (Å²) in [5.74, 6) is 2.29. The summed E-state index contributed by atoms with van der Waals surface area (Å²) in [4.78, 5) is 0. The summed E-state index contributed by atoms with van der Waals surface area (Å²) in [6.07, 6.45) is 15.0. The van der Waals surface area contributed by atoms with Crippen molar-refractivity contribution >= 4 is 10.8 Å². The second-order valence-corrected chi connectivity index (χ2v) is 8.80. The van der Waals surface area contributed by atoms with Crippen molar-refractivity contribution in [2.24, 2.45) is 0 Å². The molecule has 0 fully saturated rings. The molecule has 180 valence electrons. The van der Waals surface area contributed by atoms with E-state index in [9.17, 15) is 0 Å². The summed E-state index contributed by atoms with van der Waals surface area (Å²) in [5, 5.41) is 16.5. The van der Waals surface area contributed by atoms with E-state index in [1.165, 1.54) is 64.2 Å². The third-order valence-electron chi connectivity index (χ3n) is 6.04. The average molecular weight is 453 g/mol. The van der Waals surface area contributed by atoms with Crippen LogP contribution in [0, 0.1) is 0 Å². The van der Waals surface area contributed by atoms with E-state index in [0.717, 1.165) is 47.3 Å². The van der Waals surface area contributed by atoms with Crippen molar-refractivity contribution in [2.75, 3.05) is 13.2 Å². The Hall–Kier alpha value is -2.63. The van der Waals surface area contributed by atoms with Crippen LogP contribution in [0.5, 0.6) is 11.5 Å². The molecule has 0 saturated carbocycles. The van der Waals surface area contributed by atoms with Crippen LogP contribution in [0.4, 0.5) is 0 Å². The predicted octanol–water partition coefficient (Wildman–Crippen LogP) is 7.50. The Balaban J connectivity index is 1.65. The molecule has 0 spiro atoms. The lowest BCUT2D eigenvalue weighted by Crippen LogP contribution is -2.03. The Morgan fingerprint density at radius 3 is 2.06 bits per heavy atom. The van der Waals surface area contributed by atoms with Crippen LogP contribution in [-0.2, 0) is 0 Å². The van der Waals surface area contributed by atoms with Gasteiger partial charge in [-0.15, -0.1) is 10.2 Å². The van der Waals surface area contributed by atoms with Gasteiger partial charge >= 0.3 is 0 Å². The van der Waals surface area contributed by atoms with Gasteiger partial charge < -0.3 is 9.47 Å². The van der Waals surface area contributed by atoms with E-state index in [2.05, 4.69) is 52.7 Å². The first-order chi connectivity index (χ1) is 16.3. The number of aromatic amines is 1. The minimum Gasteiger partial charge on any atom is -0.490 e. The lowest BCUT2D eigenvalue weighted by atomic mass is 10.0. The maximum absolute atomic E-state index is 6.32. The zero-order valence-electron chi connectivity index (χ0n) is 20.4. The Morgan fingerprint density at radius 1 is 0.727 bits per heavy atom. The Bertz CT molecular complexity index is 927. The van der Waals surface area contributed by atoms with E-state index in [0.29, 0.717) is 12.4 Å². The summed E-state index contributed by atoms with van der Waals surface area (Å²) in [7, 11) is 0. The van der Waals surface area contributed by atoms with Gasteiger partial charge in [0.1, 0.15) is 0 Å². The smallest absolute Gasteiger partial charge is 0.204 e. The van der Waals surface area contributed by atoms with Crippen LogP contribution in [0.15, 0.2) is 30.3 Å². The molecule has 0 radical (unpaired) electrons. The van der Waals surface area contributed by atoms with E-state index >= 15 is 0 Å². The van der Waals surface area contributed by atoms with E-state index in [1.807, 2.05) is 12.1 Å². The maximum atomic E-state index is 6.32. The van der Waals surface area contributed by atoms with Gasteiger partial charge in [-0.25, -0.2) is 0 Å². The van der Waals surface area contributed by atoms with E-state index in [1.54, 1.807) is 0 Å². The molecule has 6 heteroatoms. The summed E-state index contributed by atoms with van der Waals surface area (Å²) in [6, 6.07) is 10.3. The number of H-pyrrole nitrogens is 1. The van der Waals surface area contributed by atoms with Crippen molar-refractivity contribution in [2.45, 2.75) is 90.9 Å². The van der Waals surface area contributed by atoms with Crippen molar-refractivity contribution in [1.82, 2.24) is 20.6 Å². The standard InChI is InChI=1S/C27H40N4O2/c1-3-5-7-9-11-13-19-32-25-18-16-22-21-23(27-28-30-31-29-27)15-17-24(22)26(25)33-20-14-12-10-8-6-4-2/h15-18,21H,3-14,19-20H2,1-2H3,(H,28,29,30,31). The monoisotopic (exact) mass is 452 g/mol. The molecule has 1 N–H and O–H groups in total. The van der Waals surface area contributed by atoms with Crippen molar-refractivity contribution in [3.8, 4) is 22.9 Å². The molecule has 0 bridgehead atoms. The van der Waals surface area contributed by atoms with Crippen molar-refractivity contribution in [3.05, 3.63) is 30.3 Å². The quantitative estimate of drug-likeness (QED) is 0.215. The van der Waals surface area contributed by atoms with Crippen LogP contribution in [-0.4, -0.2) is 33.8 Å². The van der Waals surface area contributed by atoms with Gasteiger partial charge in [-0.1, -0.05) is 90.2 Å². The summed E-state index contributed by atoms with van der Waals surface area (Å²) < 4.78 is 12.5. The van der Waals surface area contributed by atoms with Crippen molar-refractivity contribution in [1.29, 1.82) is 0 Å². The number of ether oxygens (including phenoxy) is 2. The first-order valence-corrected chi connectivity index (χ1v) is 12.9. The van der Waals surface area contributed by atoms with Crippen LogP contribution in [0.2, 0.25) is 0 Å². The van der Waals surface area contributed by atoms with Gasteiger partial charge in [0.05, 0.1) is 13.2 Å². The summed E-state index contributed by atoms with van der Waals surface area (Å²) in [5.41, 5.74) is 0.930. The lowest BCUT2D eigenvalue weighted by Gasteiger charge is -2.16. The predicted molar refractivity (Wildman–Crippen MR) is 135 cm³/mol. The fourth-order valence-corrected chi connectivity index (χ4v) is 4.09. The molecule has 0 saturated heterocycles. The van der Waals surface area contributed by atoms with Crippen LogP contribution in [0.3, 0.4) is 0 Å². The first-order valence-electron chi connectivity index (χ1n) is 12.9. The molecule has 1 heterocycles. The fraction of sp³-hybridized carbons (Fsp3) is 0.593. The highest BCUT2D eigenvalue weighted by molar-refractivity contribution is 5.93. The van der Waals surface area contributed by atoms with Gasteiger partial charge in [-0.05, 0) is 41.6 Å². The normalized spacial score (nSPS) is 11.2. The van der Waals surface area contributed by atoms with Gasteiger partial charge in [-0.2, -0.15) is 5.21 Å². The highest BCUT2D eigenvalue weighted by Crippen LogP contribution is 2.37. The van der Waals surface area contributed by atoms with Gasteiger partial charge in [0.2, 0.25) is 5.82 Å². The Morgan fingerprint density at radius 2 is 1.39 bits per heavy atom. The van der Waals surface area contributed by atoms with Gasteiger partial charge in [0, 0.05) is 10.9 Å². The SMILES string of the molecule is CCCCCCCCOc1ccc2cc(-c3nn[nH]n3)ccc2c1OCCCCCCCC. The maximum Gasteiger partial charge on any atom is 0.204 e. The first kappa shape index (κ1) is 25.0. The Kier molecular flexibility index (Phi) is 11.0. The molecular formula is C27H40N4O2. The van der Waals surface area contributed by atoms with Gasteiger partial charge in [0.25, 0.3) is 0 Å². The molecule has 3 aromatic rings. The molecule has 0 aliphatic rings. The minimum absolute atomic E-state index is 0.592. The summed E-state index contributed by atoms with van der Waals surface area (Å²) in [6.45, 7) is 5.94. The molecule has 33 heavy (non-hydrogen) atoms. The number of hydrogen-bond acceptors (Lipinski definition) is 5. The number of tetrazole rings is 1. The number of rotatable bonds is 17. The van der Waals surface area contributed by atoms with E-state index in [-0.39, 0.29) is 0 Å². The Labute approximate surface area is 198 Å². The zero-order valence-corrected chi connectivity index (χ0v) is 20.4. The third kappa shape index (κ3) is 8.02. The van der Waals surface area contributed by atoms with Crippen LogP contribution >= 0.6 is 0 Å². The number of nitrogens with zero attached hydrogens (tertiary/aromatic N) is 3. The van der Waals surface area contributed by atoms with Crippen LogP contribution < -0.4 is 9.47 Å². The minimum atomic E-state index is 0.592. The zero-order chi connectivity index (χ0) is 23.1. The van der Waals surface area contributed by atoms with Crippen LogP contribution in [0.1, 0.15) is 90.9 Å². The molecule has 2 aromatic carbocycles. The summed E-state index contributed by atoms with van der Waals surface area (Å²) >= 11 is 0. The van der Waals surface area contributed by atoms with Gasteiger partial charge in [-0.3, -0.25) is 0 Å². The molecule has 0 aliphatic carbocycles. The number of hydrogen-bond donors (Lipinski definition) is 1. The van der Waals surface area contributed by atoms with E-state index < -0.39 is 0 Å². The number of nitrogens with one attached hydrogen (secondary N) is 1. The van der Waals surface area contributed by atoms with E-state index in [4.69, 9.17) is 9.47 Å². The molecule has 0 atom stereocenters. The number of fused-ring (bicyclic) bond motifs is 1. The molecule has 6 nitrogen and oxygen atoms in total. The van der Waals surface area contributed by atoms with Crippen molar-refractivity contribution in [3.63, 3.8) is 0 Å². The number of aromatic nitrogens is 4. The highest BCUT2D eigenvalue weighted by Gasteiger charge is 2.13. The third-order valence-corrected chi connectivity index (χ3v) is 6.04. The lowest BCUT2D eigenvalue weighted by molar-refractivity contribution is 0.261. The highest BCUT2D eigenvalue weighted by atomic mass is 16.5. The van der Waals surface area contributed by atoms with Crippen molar-refractivity contribution < 1.29 is 9.47 Å². The molecule has 0 unspecified atom stereocenters. The molecule has 0 amide bonds. The second-order valence-electron chi connectivity index (χ2n) is 8.80. The number of unbranched alkanes of at least 4 members (excludes halogenated alkanes) is 10. The molecular weight excluding hydrogens is 412 g/mol. The second kappa shape index (κ2) is 14.5. The fourth-order valence-electron chi connectivity index (χ4n) is 4.09.